The Hall–Kier alpha value is -2.69. The second-order valence-electron chi connectivity index (χ2n) is 6.62. The number of hydrogen-bond donors (Lipinski definition) is 1. The Morgan fingerprint density at radius 1 is 1.28 bits per heavy atom. The number of nitrogens with zero attached hydrogens (tertiary/aromatic N) is 3. The molecule has 2 heterocycles. The quantitative estimate of drug-likeness (QED) is 0.772. The van der Waals surface area contributed by atoms with Crippen molar-refractivity contribution in [2.45, 2.75) is 40.2 Å². The van der Waals surface area contributed by atoms with Crippen molar-refractivity contribution >= 4 is 16.8 Å². The Morgan fingerprint density at radius 3 is 2.80 bits per heavy atom. The van der Waals surface area contributed by atoms with Gasteiger partial charge < -0.3 is 9.88 Å². The first kappa shape index (κ1) is 17.1. The van der Waals surface area contributed by atoms with Gasteiger partial charge in [-0.3, -0.25) is 9.78 Å². The Morgan fingerprint density at radius 2 is 2.08 bits per heavy atom. The van der Waals surface area contributed by atoms with E-state index in [1.54, 1.807) is 12.5 Å². The molecule has 0 saturated carbocycles. The molecule has 1 N–H and O–H groups in total. The van der Waals surface area contributed by atoms with Crippen molar-refractivity contribution in [1.29, 1.82) is 0 Å². The molecule has 0 saturated heterocycles. The zero-order valence-corrected chi connectivity index (χ0v) is 15.2. The van der Waals surface area contributed by atoms with Crippen LogP contribution in [-0.4, -0.2) is 27.0 Å². The second kappa shape index (κ2) is 7.05. The molecule has 25 heavy (non-hydrogen) atoms. The molecule has 0 fully saturated rings. The molecule has 130 valence electrons. The van der Waals surface area contributed by atoms with Crippen molar-refractivity contribution in [2.24, 2.45) is 0 Å². The van der Waals surface area contributed by atoms with E-state index in [0.29, 0.717) is 18.2 Å². The van der Waals surface area contributed by atoms with Crippen LogP contribution >= 0.6 is 0 Å². The summed E-state index contributed by atoms with van der Waals surface area (Å²) in [7, 11) is 0. The van der Waals surface area contributed by atoms with Crippen molar-refractivity contribution in [3.8, 4) is 0 Å². The van der Waals surface area contributed by atoms with E-state index in [2.05, 4.69) is 36.1 Å². The summed E-state index contributed by atoms with van der Waals surface area (Å²) >= 11 is 0. The van der Waals surface area contributed by atoms with Crippen molar-refractivity contribution in [2.75, 3.05) is 6.54 Å². The Labute approximate surface area is 148 Å². The third-order valence-electron chi connectivity index (χ3n) is 4.76. The highest BCUT2D eigenvalue weighted by Crippen LogP contribution is 2.24. The Kier molecular flexibility index (Phi) is 4.83. The summed E-state index contributed by atoms with van der Waals surface area (Å²) in [6, 6.07) is 6.20. The van der Waals surface area contributed by atoms with Crippen LogP contribution in [0.1, 0.15) is 46.6 Å². The summed E-state index contributed by atoms with van der Waals surface area (Å²) in [5.41, 5.74) is 4.78. The van der Waals surface area contributed by atoms with Crippen LogP contribution in [0.25, 0.3) is 10.9 Å². The van der Waals surface area contributed by atoms with E-state index in [4.69, 9.17) is 0 Å². The molecule has 2 aromatic heterocycles. The summed E-state index contributed by atoms with van der Waals surface area (Å²) in [4.78, 5) is 21.4. The van der Waals surface area contributed by atoms with E-state index >= 15 is 0 Å². The molecule has 1 atom stereocenters. The number of amides is 1. The fraction of sp³-hybridized carbons (Fsp3) is 0.350. The Balaban J connectivity index is 1.77. The third-order valence-corrected chi connectivity index (χ3v) is 4.76. The SMILES string of the molecule is Cc1cc(C(=O)NCC[C@H](C)n2ccnc2)c2ccc(C)c(C)c2n1. The number of carbonyl (C=O) groups is 1. The first-order valence-electron chi connectivity index (χ1n) is 8.60. The van der Waals surface area contributed by atoms with Gasteiger partial charge in [-0.05, 0) is 51.3 Å². The summed E-state index contributed by atoms with van der Waals surface area (Å²) in [6.45, 7) is 8.78. The molecule has 1 amide bonds. The number of pyridine rings is 1. The lowest BCUT2D eigenvalue weighted by molar-refractivity contribution is 0.0953. The minimum absolute atomic E-state index is 0.0448. The van der Waals surface area contributed by atoms with E-state index in [9.17, 15) is 4.79 Å². The lowest BCUT2D eigenvalue weighted by atomic mass is 10.0. The predicted molar refractivity (Wildman–Crippen MR) is 99.8 cm³/mol. The zero-order chi connectivity index (χ0) is 18.0. The average Bonchev–Trinajstić information content (AvgIpc) is 3.12. The maximum Gasteiger partial charge on any atom is 0.252 e. The number of rotatable bonds is 5. The molecule has 3 aromatic rings. The van der Waals surface area contributed by atoms with Crippen LogP contribution in [-0.2, 0) is 0 Å². The average molecular weight is 336 g/mol. The molecule has 0 aliphatic carbocycles. The van der Waals surface area contributed by atoms with Gasteiger partial charge in [-0.2, -0.15) is 0 Å². The van der Waals surface area contributed by atoms with Crippen LogP contribution in [0.2, 0.25) is 0 Å². The summed E-state index contributed by atoms with van der Waals surface area (Å²) in [6.07, 6.45) is 6.36. The van der Waals surface area contributed by atoms with Crippen LogP contribution in [0.5, 0.6) is 0 Å². The highest BCUT2D eigenvalue weighted by atomic mass is 16.1. The van der Waals surface area contributed by atoms with E-state index in [1.165, 1.54) is 5.56 Å². The molecule has 5 heteroatoms. The lowest BCUT2D eigenvalue weighted by Gasteiger charge is -2.14. The van der Waals surface area contributed by atoms with Gasteiger partial charge in [-0.1, -0.05) is 12.1 Å². The Bertz CT molecular complexity index is 900. The molecule has 3 rings (SSSR count). The van der Waals surface area contributed by atoms with Crippen molar-refractivity contribution in [3.63, 3.8) is 0 Å². The number of fused-ring (bicyclic) bond motifs is 1. The molecule has 1 aromatic carbocycles. The molecule has 0 spiro atoms. The van der Waals surface area contributed by atoms with Crippen LogP contribution in [0.3, 0.4) is 0 Å². The van der Waals surface area contributed by atoms with Gasteiger partial charge in [-0.25, -0.2) is 4.98 Å². The maximum absolute atomic E-state index is 12.7. The topological polar surface area (TPSA) is 59.8 Å². The van der Waals surface area contributed by atoms with Crippen molar-refractivity contribution in [1.82, 2.24) is 19.9 Å². The summed E-state index contributed by atoms with van der Waals surface area (Å²) in [5.74, 6) is -0.0448. The zero-order valence-electron chi connectivity index (χ0n) is 15.2. The molecule has 0 unspecified atom stereocenters. The van der Waals surface area contributed by atoms with E-state index in [0.717, 1.165) is 28.6 Å². The van der Waals surface area contributed by atoms with Gasteiger partial charge in [0.2, 0.25) is 0 Å². The summed E-state index contributed by atoms with van der Waals surface area (Å²) in [5, 5.41) is 3.96. The number of imidazole rings is 1. The highest BCUT2D eigenvalue weighted by Gasteiger charge is 2.14. The van der Waals surface area contributed by atoms with E-state index < -0.39 is 0 Å². The normalized spacial score (nSPS) is 12.3. The minimum Gasteiger partial charge on any atom is -0.352 e. The number of carbonyl (C=O) groups excluding carboxylic acids is 1. The van der Waals surface area contributed by atoms with Crippen LogP contribution in [0.4, 0.5) is 0 Å². The van der Waals surface area contributed by atoms with Gasteiger partial charge >= 0.3 is 0 Å². The molecule has 0 radical (unpaired) electrons. The van der Waals surface area contributed by atoms with Gasteiger partial charge in [0.25, 0.3) is 5.91 Å². The van der Waals surface area contributed by atoms with Crippen LogP contribution < -0.4 is 5.32 Å². The molecular formula is C20H24N4O. The van der Waals surface area contributed by atoms with E-state index in [-0.39, 0.29) is 5.91 Å². The van der Waals surface area contributed by atoms with Gasteiger partial charge in [0.05, 0.1) is 17.4 Å². The van der Waals surface area contributed by atoms with Gasteiger partial charge in [0, 0.05) is 36.1 Å². The van der Waals surface area contributed by atoms with Crippen LogP contribution in [0, 0.1) is 20.8 Å². The largest absolute Gasteiger partial charge is 0.352 e. The fourth-order valence-electron chi connectivity index (χ4n) is 3.01. The smallest absolute Gasteiger partial charge is 0.252 e. The number of benzene rings is 1. The molecule has 0 aliphatic heterocycles. The molecule has 5 nitrogen and oxygen atoms in total. The van der Waals surface area contributed by atoms with Gasteiger partial charge in [0.1, 0.15) is 0 Å². The minimum atomic E-state index is -0.0448. The lowest BCUT2D eigenvalue weighted by Crippen LogP contribution is -2.26. The molecular weight excluding hydrogens is 312 g/mol. The number of aryl methyl sites for hydroxylation is 3. The first-order chi connectivity index (χ1) is 12.0. The predicted octanol–water partition coefficient (Wildman–Crippen LogP) is 3.74. The fourth-order valence-corrected chi connectivity index (χ4v) is 3.01. The van der Waals surface area contributed by atoms with Gasteiger partial charge in [-0.15, -0.1) is 0 Å². The monoisotopic (exact) mass is 336 g/mol. The van der Waals surface area contributed by atoms with Crippen LogP contribution in [0.15, 0.2) is 36.9 Å². The maximum atomic E-state index is 12.7. The number of hydrogen-bond acceptors (Lipinski definition) is 3. The third kappa shape index (κ3) is 3.55. The van der Waals surface area contributed by atoms with Gasteiger partial charge in [0.15, 0.2) is 0 Å². The first-order valence-corrected chi connectivity index (χ1v) is 8.60. The molecule has 0 aliphatic rings. The number of aromatic nitrogens is 3. The summed E-state index contributed by atoms with van der Waals surface area (Å²) < 4.78 is 2.05. The standard InChI is InChI=1S/C20H24N4O/c1-13-5-6-17-18(11-14(2)23-19(17)16(13)4)20(25)22-8-7-15(3)24-10-9-21-12-24/h5-6,9-12,15H,7-8H2,1-4H3,(H,22,25)/t15-/m0/s1. The van der Waals surface area contributed by atoms with E-state index in [1.807, 2.05) is 35.9 Å². The highest BCUT2D eigenvalue weighted by molar-refractivity contribution is 6.07. The van der Waals surface area contributed by atoms with Crippen molar-refractivity contribution < 1.29 is 4.79 Å². The number of nitrogens with one attached hydrogen (secondary N) is 1. The van der Waals surface area contributed by atoms with Crippen molar-refractivity contribution in [3.05, 3.63) is 59.3 Å². The second-order valence-corrected chi connectivity index (χ2v) is 6.62. The molecule has 0 bridgehead atoms.